The number of benzene rings is 3. The third-order valence-electron chi connectivity index (χ3n) is 6.96. The zero-order valence-electron chi connectivity index (χ0n) is 22.1. The standard InChI is InChI=1S/C30H27F3N4O3S/c1-30(32,33)23-18-22(11-12-25(23)35-41(40)26-10-4-7-20-8-5-13-34-28(20)26)29(39)37-16-14-36(15-17-37)27(38)19-21-6-2-3-9-24(21)31/h2-13,18,35H,14-17,19H2,1H3. The minimum Gasteiger partial charge on any atom is -0.339 e. The number of carbonyl (C=O) groups is 2. The van der Waals surface area contributed by atoms with Crippen LogP contribution in [0, 0.1) is 5.82 Å². The van der Waals surface area contributed by atoms with Gasteiger partial charge in [0.25, 0.3) is 11.8 Å². The molecular weight excluding hydrogens is 553 g/mol. The van der Waals surface area contributed by atoms with Crippen LogP contribution in [0.25, 0.3) is 10.9 Å². The number of halogens is 3. The van der Waals surface area contributed by atoms with Crippen molar-refractivity contribution in [3.05, 3.63) is 102 Å². The normalized spacial score (nSPS) is 14.6. The lowest BCUT2D eigenvalue weighted by molar-refractivity contribution is -0.132. The van der Waals surface area contributed by atoms with Crippen molar-refractivity contribution in [3.8, 4) is 0 Å². The van der Waals surface area contributed by atoms with E-state index in [4.69, 9.17) is 0 Å². The summed E-state index contributed by atoms with van der Waals surface area (Å²) >= 11 is 0. The zero-order chi connectivity index (χ0) is 29.1. The monoisotopic (exact) mass is 580 g/mol. The number of aromatic nitrogens is 1. The van der Waals surface area contributed by atoms with Crippen LogP contribution < -0.4 is 4.72 Å². The van der Waals surface area contributed by atoms with Crippen molar-refractivity contribution in [2.24, 2.45) is 0 Å². The number of hydrogen-bond acceptors (Lipinski definition) is 4. The summed E-state index contributed by atoms with van der Waals surface area (Å²) in [6.07, 6.45) is 1.48. The first-order chi connectivity index (χ1) is 19.6. The Hall–Kier alpha value is -4.25. The Morgan fingerprint density at radius 1 is 0.951 bits per heavy atom. The Morgan fingerprint density at radius 3 is 2.39 bits per heavy atom. The fourth-order valence-corrected chi connectivity index (χ4v) is 5.80. The molecule has 1 unspecified atom stereocenters. The lowest BCUT2D eigenvalue weighted by Gasteiger charge is -2.35. The molecule has 1 atom stereocenters. The van der Waals surface area contributed by atoms with Gasteiger partial charge < -0.3 is 14.5 Å². The Kier molecular flexibility index (Phi) is 8.07. The summed E-state index contributed by atoms with van der Waals surface area (Å²) in [4.78, 5) is 33.6. The molecule has 41 heavy (non-hydrogen) atoms. The molecule has 1 N–H and O–H groups in total. The van der Waals surface area contributed by atoms with Gasteiger partial charge in [0.1, 0.15) is 5.82 Å². The summed E-state index contributed by atoms with van der Waals surface area (Å²) in [6, 6.07) is 18.6. The highest BCUT2D eigenvalue weighted by molar-refractivity contribution is 7.86. The average Bonchev–Trinajstić information content (AvgIpc) is 2.97. The third kappa shape index (κ3) is 6.25. The molecule has 3 aromatic carbocycles. The third-order valence-corrected chi connectivity index (χ3v) is 8.09. The molecule has 212 valence electrons. The number of carbonyl (C=O) groups excluding carboxylic acids is 2. The van der Waals surface area contributed by atoms with Crippen LogP contribution in [-0.4, -0.2) is 57.0 Å². The molecule has 0 radical (unpaired) electrons. The lowest BCUT2D eigenvalue weighted by Crippen LogP contribution is -2.51. The highest BCUT2D eigenvalue weighted by atomic mass is 32.2. The molecule has 11 heteroatoms. The van der Waals surface area contributed by atoms with Crippen LogP contribution in [0.3, 0.4) is 0 Å². The fourth-order valence-electron chi connectivity index (χ4n) is 4.77. The van der Waals surface area contributed by atoms with Gasteiger partial charge in [-0.25, -0.2) is 17.4 Å². The Bertz CT molecular complexity index is 1630. The molecule has 1 aromatic heterocycles. The maximum Gasteiger partial charge on any atom is 0.272 e. The van der Waals surface area contributed by atoms with Gasteiger partial charge in [0.05, 0.1) is 22.5 Å². The summed E-state index contributed by atoms with van der Waals surface area (Å²) in [7, 11) is -1.90. The molecular formula is C30H27F3N4O3S. The second-order valence-corrected chi connectivity index (χ2v) is 11.0. The van der Waals surface area contributed by atoms with Crippen molar-refractivity contribution in [1.82, 2.24) is 14.8 Å². The number of para-hydroxylation sites is 1. The molecule has 1 saturated heterocycles. The molecule has 7 nitrogen and oxygen atoms in total. The molecule has 0 bridgehead atoms. The molecule has 5 rings (SSSR count). The molecule has 4 aromatic rings. The number of nitrogens with one attached hydrogen (secondary N) is 1. The number of amides is 2. The van der Waals surface area contributed by atoms with Gasteiger partial charge in [-0.1, -0.05) is 36.4 Å². The number of alkyl halides is 2. The second kappa shape index (κ2) is 11.7. The molecule has 1 aliphatic heterocycles. The van der Waals surface area contributed by atoms with E-state index in [0.29, 0.717) is 22.9 Å². The van der Waals surface area contributed by atoms with E-state index < -0.39 is 34.2 Å². The number of fused-ring (bicyclic) bond motifs is 1. The first kappa shape index (κ1) is 28.3. The number of piperazine rings is 1. The van der Waals surface area contributed by atoms with E-state index in [1.54, 1.807) is 47.5 Å². The summed E-state index contributed by atoms with van der Waals surface area (Å²) in [5, 5.41) is 0.760. The first-order valence-electron chi connectivity index (χ1n) is 13.0. The van der Waals surface area contributed by atoms with Gasteiger partial charge in [-0.2, -0.15) is 0 Å². The van der Waals surface area contributed by atoms with E-state index >= 15 is 0 Å². The van der Waals surface area contributed by atoms with E-state index in [1.807, 2.05) is 12.1 Å². The lowest BCUT2D eigenvalue weighted by atomic mass is 10.0. The molecule has 2 amide bonds. The van der Waals surface area contributed by atoms with Crippen LogP contribution >= 0.6 is 0 Å². The van der Waals surface area contributed by atoms with Gasteiger partial charge >= 0.3 is 0 Å². The van der Waals surface area contributed by atoms with Crippen molar-refractivity contribution in [3.63, 3.8) is 0 Å². The molecule has 0 saturated carbocycles. The Labute approximate surface area is 237 Å². The van der Waals surface area contributed by atoms with Gasteiger partial charge in [0.2, 0.25) is 5.91 Å². The molecule has 1 aliphatic rings. The predicted octanol–water partition coefficient (Wildman–Crippen LogP) is 5.15. The van der Waals surface area contributed by atoms with Gasteiger partial charge in [-0.05, 0) is 42.0 Å². The van der Waals surface area contributed by atoms with Crippen LogP contribution in [0.2, 0.25) is 0 Å². The Balaban J connectivity index is 1.29. The molecule has 1 fully saturated rings. The summed E-state index contributed by atoms with van der Waals surface area (Å²) in [5.74, 6) is -4.49. The number of pyridine rings is 1. The van der Waals surface area contributed by atoms with E-state index in [1.165, 1.54) is 23.1 Å². The molecule has 0 spiro atoms. The minimum absolute atomic E-state index is 0.0517. The fraction of sp³-hybridized carbons (Fsp3) is 0.233. The number of rotatable bonds is 7. The van der Waals surface area contributed by atoms with Crippen LogP contribution in [0.1, 0.15) is 28.4 Å². The SMILES string of the molecule is CC(F)(F)c1cc(C(=O)N2CCN(C(=O)Cc3ccccc3F)CC2)ccc1NS(=O)c1cccc2cccnc12. The number of anilines is 1. The highest BCUT2D eigenvalue weighted by Crippen LogP contribution is 2.35. The summed E-state index contributed by atoms with van der Waals surface area (Å²) in [6.45, 7) is 1.61. The van der Waals surface area contributed by atoms with Crippen LogP contribution in [0.4, 0.5) is 18.9 Å². The van der Waals surface area contributed by atoms with Crippen molar-refractivity contribution in [2.75, 3.05) is 30.9 Å². The smallest absolute Gasteiger partial charge is 0.272 e. The van der Waals surface area contributed by atoms with E-state index in [-0.39, 0.29) is 49.8 Å². The van der Waals surface area contributed by atoms with Gasteiger partial charge in [0.15, 0.2) is 11.0 Å². The maximum atomic E-state index is 14.7. The van der Waals surface area contributed by atoms with Crippen LogP contribution in [0.15, 0.2) is 83.9 Å². The molecule has 2 heterocycles. The summed E-state index contributed by atoms with van der Waals surface area (Å²) < 4.78 is 59.2. The van der Waals surface area contributed by atoms with Crippen molar-refractivity contribution in [1.29, 1.82) is 0 Å². The van der Waals surface area contributed by atoms with E-state index in [2.05, 4.69) is 9.71 Å². The van der Waals surface area contributed by atoms with Crippen molar-refractivity contribution < 1.29 is 27.0 Å². The highest BCUT2D eigenvalue weighted by Gasteiger charge is 2.31. The topological polar surface area (TPSA) is 82.6 Å². The average molecular weight is 581 g/mol. The maximum absolute atomic E-state index is 14.7. The number of hydrogen-bond donors (Lipinski definition) is 1. The Morgan fingerprint density at radius 2 is 1.66 bits per heavy atom. The zero-order valence-corrected chi connectivity index (χ0v) is 23.0. The largest absolute Gasteiger partial charge is 0.339 e. The van der Waals surface area contributed by atoms with Gasteiger partial charge in [-0.3, -0.25) is 14.6 Å². The van der Waals surface area contributed by atoms with Crippen LogP contribution in [-0.2, 0) is 28.1 Å². The van der Waals surface area contributed by atoms with E-state index in [9.17, 15) is 27.0 Å². The summed E-state index contributed by atoms with van der Waals surface area (Å²) in [5.41, 5.74) is 0.308. The molecule has 0 aliphatic carbocycles. The van der Waals surface area contributed by atoms with Crippen LogP contribution in [0.5, 0.6) is 0 Å². The van der Waals surface area contributed by atoms with Gasteiger partial charge in [-0.15, -0.1) is 0 Å². The number of nitrogens with zero attached hydrogens (tertiary/aromatic N) is 3. The van der Waals surface area contributed by atoms with Gasteiger partial charge in [0, 0.05) is 55.8 Å². The minimum atomic E-state index is -3.34. The van der Waals surface area contributed by atoms with E-state index in [0.717, 1.165) is 11.5 Å². The predicted molar refractivity (Wildman–Crippen MR) is 150 cm³/mol. The van der Waals surface area contributed by atoms with Crippen molar-refractivity contribution in [2.45, 2.75) is 24.2 Å². The second-order valence-electron chi connectivity index (χ2n) is 9.79. The van der Waals surface area contributed by atoms with Crippen molar-refractivity contribution >= 4 is 39.4 Å². The first-order valence-corrected chi connectivity index (χ1v) is 14.1. The quantitative estimate of drug-likeness (QED) is 0.328.